The highest BCUT2D eigenvalue weighted by atomic mass is 16.8. The smallest absolute Gasteiger partial charge is 0.356 e. The summed E-state index contributed by atoms with van der Waals surface area (Å²) in [4.78, 5) is 16.9. The van der Waals surface area contributed by atoms with E-state index in [1.807, 2.05) is 0 Å². The first-order chi connectivity index (χ1) is 9.72. The minimum Gasteiger partial charge on any atom is -0.461 e. The van der Waals surface area contributed by atoms with E-state index in [9.17, 15) is 4.79 Å². The summed E-state index contributed by atoms with van der Waals surface area (Å²) >= 11 is 0. The van der Waals surface area contributed by atoms with Crippen molar-refractivity contribution in [2.24, 2.45) is 5.16 Å². The maximum absolute atomic E-state index is 11.6. The van der Waals surface area contributed by atoms with Gasteiger partial charge in [0, 0.05) is 19.3 Å². The molecule has 1 aliphatic carbocycles. The maximum atomic E-state index is 11.6. The van der Waals surface area contributed by atoms with Crippen molar-refractivity contribution in [1.29, 1.82) is 0 Å². The topological polar surface area (TPSA) is 66.4 Å². The Hall–Kier alpha value is -1.14. The molecule has 112 valence electrons. The van der Waals surface area contributed by atoms with Crippen LogP contribution in [0.25, 0.3) is 0 Å². The van der Waals surface area contributed by atoms with Crippen molar-refractivity contribution in [3.8, 4) is 0 Å². The van der Waals surface area contributed by atoms with Gasteiger partial charge in [-0.25, -0.2) is 4.79 Å². The molecule has 3 aliphatic rings. The fourth-order valence-corrected chi connectivity index (χ4v) is 3.04. The molecular weight excluding hydrogens is 262 g/mol. The van der Waals surface area contributed by atoms with E-state index in [4.69, 9.17) is 19.0 Å². The van der Waals surface area contributed by atoms with Crippen LogP contribution in [0.3, 0.4) is 0 Å². The molecule has 3 rings (SSSR count). The van der Waals surface area contributed by atoms with E-state index in [-0.39, 0.29) is 12.2 Å². The van der Waals surface area contributed by atoms with Gasteiger partial charge in [-0.05, 0) is 19.8 Å². The Kier molecular flexibility index (Phi) is 3.94. The Morgan fingerprint density at radius 1 is 1.35 bits per heavy atom. The molecule has 2 fully saturated rings. The van der Waals surface area contributed by atoms with Crippen molar-refractivity contribution in [1.82, 2.24) is 0 Å². The average Bonchev–Trinajstić information content (AvgIpc) is 3.07. The molecule has 2 heterocycles. The van der Waals surface area contributed by atoms with Gasteiger partial charge in [0.25, 0.3) is 0 Å². The van der Waals surface area contributed by atoms with Crippen LogP contribution < -0.4 is 0 Å². The van der Waals surface area contributed by atoms with Crippen LogP contribution in [0.5, 0.6) is 0 Å². The Labute approximate surface area is 118 Å². The van der Waals surface area contributed by atoms with Gasteiger partial charge in [-0.3, -0.25) is 0 Å². The van der Waals surface area contributed by atoms with Crippen molar-refractivity contribution in [2.45, 2.75) is 63.4 Å². The zero-order chi connectivity index (χ0) is 14.0. The summed E-state index contributed by atoms with van der Waals surface area (Å²) in [6.07, 6.45) is 5.47. The van der Waals surface area contributed by atoms with Crippen LogP contribution in [0.4, 0.5) is 0 Å². The quantitative estimate of drug-likeness (QED) is 0.738. The van der Waals surface area contributed by atoms with Gasteiger partial charge in [0.05, 0.1) is 13.2 Å². The second-order valence-electron chi connectivity index (χ2n) is 5.55. The molecule has 1 saturated heterocycles. The normalized spacial score (nSPS) is 31.9. The Morgan fingerprint density at radius 3 is 2.90 bits per heavy atom. The number of nitrogens with zero attached hydrogens (tertiary/aromatic N) is 1. The number of hydrogen-bond donors (Lipinski definition) is 0. The van der Waals surface area contributed by atoms with E-state index in [1.165, 1.54) is 6.42 Å². The van der Waals surface area contributed by atoms with E-state index < -0.39 is 11.8 Å². The molecule has 6 heteroatoms. The predicted molar refractivity (Wildman–Crippen MR) is 70.2 cm³/mol. The average molecular weight is 283 g/mol. The van der Waals surface area contributed by atoms with Crippen LogP contribution in [0.2, 0.25) is 0 Å². The highest BCUT2D eigenvalue weighted by Crippen LogP contribution is 2.39. The minimum atomic E-state index is -0.418. The second-order valence-corrected chi connectivity index (χ2v) is 5.55. The Bertz CT molecular complexity index is 402. The van der Waals surface area contributed by atoms with Gasteiger partial charge in [0.2, 0.25) is 0 Å². The maximum Gasteiger partial charge on any atom is 0.356 e. The fourth-order valence-electron chi connectivity index (χ4n) is 3.04. The lowest BCUT2D eigenvalue weighted by Gasteiger charge is -2.32. The number of rotatable bonds is 3. The van der Waals surface area contributed by atoms with Crippen LogP contribution >= 0.6 is 0 Å². The van der Waals surface area contributed by atoms with Crippen LogP contribution in [-0.4, -0.2) is 42.9 Å². The summed E-state index contributed by atoms with van der Waals surface area (Å²) in [7, 11) is 0. The third kappa shape index (κ3) is 2.67. The fraction of sp³-hybridized carbons (Fsp3) is 0.857. The summed E-state index contributed by atoms with van der Waals surface area (Å²) in [6.45, 7) is 2.62. The number of hydrogen-bond acceptors (Lipinski definition) is 6. The summed E-state index contributed by atoms with van der Waals surface area (Å²) in [6, 6.07) is 0. The van der Waals surface area contributed by atoms with Crippen LogP contribution in [0.1, 0.15) is 45.4 Å². The van der Waals surface area contributed by atoms with Gasteiger partial charge in [-0.2, -0.15) is 0 Å². The van der Waals surface area contributed by atoms with Crippen molar-refractivity contribution in [2.75, 3.05) is 13.2 Å². The summed E-state index contributed by atoms with van der Waals surface area (Å²) in [5.41, 5.74) is 0.338. The number of carbonyl (C=O) groups is 1. The third-order valence-corrected chi connectivity index (χ3v) is 4.11. The molecule has 0 amide bonds. The first-order valence-corrected chi connectivity index (χ1v) is 7.44. The molecule has 0 aromatic carbocycles. The van der Waals surface area contributed by atoms with Gasteiger partial charge >= 0.3 is 5.97 Å². The molecule has 2 atom stereocenters. The zero-order valence-electron chi connectivity index (χ0n) is 11.8. The Balaban J connectivity index is 1.54. The first-order valence-electron chi connectivity index (χ1n) is 7.44. The monoisotopic (exact) mass is 283 g/mol. The van der Waals surface area contributed by atoms with Gasteiger partial charge in [0.1, 0.15) is 6.10 Å². The second kappa shape index (κ2) is 5.69. The van der Waals surface area contributed by atoms with Crippen molar-refractivity contribution < 1.29 is 23.8 Å². The minimum absolute atomic E-state index is 0.149. The van der Waals surface area contributed by atoms with E-state index >= 15 is 0 Å². The molecule has 1 spiro atoms. The molecule has 0 unspecified atom stereocenters. The molecular formula is C14H21NO5. The van der Waals surface area contributed by atoms with E-state index in [0.29, 0.717) is 25.3 Å². The molecule has 0 aromatic heterocycles. The van der Waals surface area contributed by atoms with E-state index in [2.05, 4.69) is 5.16 Å². The molecule has 0 aromatic rings. The summed E-state index contributed by atoms with van der Waals surface area (Å²) < 4.78 is 16.9. The lowest BCUT2D eigenvalue weighted by Crippen LogP contribution is -2.36. The van der Waals surface area contributed by atoms with Crippen LogP contribution in [-0.2, 0) is 23.8 Å². The molecule has 1 saturated carbocycles. The van der Waals surface area contributed by atoms with Crippen molar-refractivity contribution in [3.63, 3.8) is 0 Å². The number of carbonyl (C=O) groups excluding carboxylic acids is 1. The molecule has 20 heavy (non-hydrogen) atoms. The van der Waals surface area contributed by atoms with Crippen LogP contribution in [0.15, 0.2) is 5.16 Å². The van der Waals surface area contributed by atoms with Crippen molar-refractivity contribution in [3.05, 3.63) is 0 Å². The zero-order valence-corrected chi connectivity index (χ0v) is 11.8. The van der Waals surface area contributed by atoms with Gasteiger partial charge in [0.15, 0.2) is 17.6 Å². The van der Waals surface area contributed by atoms with Crippen molar-refractivity contribution >= 4 is 11.7 Å². The van der Waals surface area contributed by atoms with E-state index in [0.717, 1.165) is 25.7 Å². The lowest BCUT2D eigenvalue weighted by atomic mass is 9.94. The number of oxime groups is 1. The lowest BCUT2D eigenvalue weighted by molar-refractivity contribution is -0.197. The van der Waals surface area contributed by atoms with E-state index in [1.54, 1.807) is 6.92 Å². The highest BCUT2D eigenvalue weighted by molar-refractivity contribution is 6.36. The number of esters is 1. The van der Waals surface area contributed by atoms with Gasteiger partial charge in [-0.15, -0.1) is 0 Å². The standard InChI is InChI=1S/C14H21NO5/c1-2-17-13(16)10-8-11(20-15-10)12-9-18-14(19-12)6-4-3-5-7-14/h11-12H,2-9H2,1H3/t11-,12+/m0/s1. The third-order valence-electron chi connectivity index (χ3n) is 4.11. The van der Waals surface area contributed by atoms with Gasteiger partial charge < -0.3 is 19.0 Å². The molecule has 0 bridgehead atoms. The summed E-state index contributed by atoms with van der Waals surface area (Å²) in [5, 5.41) is 3.82. The van der Waals surface area contributed by atoms with Gasteiger partial charge in [-0.1, -0.05) is 11.6 Å². The molecule has 0 N–H and O–H groups in total. The Morgan fingerprint density at radius 2 is 2.15 bits per heavy atom. The molecule has 6 nitrogen and oxygen atoms in total. The predicted octanol–water partition coefficient (Wildman–Crippen LogP) is 1.77. The number of ether oxygens (including phenoxy) is 3. The molecule has 2 aliphatic heterocycles. The molecule has 0 radical (unpaired) electrons. The largest absolute Gasteiger partial charge is 0.461 e. The SMILES string of the molecule is CCOC(=O)C1=NO[C@H]([C@H]2COC3(CCCCC3)O2)C1. The summed E-state index contributed by atoms with van der Waals surface area (Å²) in [5.74, 6) is -0.819. The highest BCUT2D eigenvalue weighted by Gasteiger charge is 2.47. The van der Waals surface area contributed by atoms with Crippen LogP contribution in [0, 0.1) is 0 Å². The first kappa shape index (κ1) is 13.8.